The van der Waals surface area contributed by atoms with E-state index < -0.39 is 11.9 Å². The van der Waals surface area contributed by atoms with E-state index in [1.165, 1.54) is 14.2 Å². The molecule has 1 aromatic carbocycles. The summed E-state index contributed by atoms with van der Waals surface area (Å²) in [7, 11) is 2.56. The van der Waals surface area contributed by atoms with Gasteiger partial charge in [-0.1, -0.05) is 30.3 Å². The van der Waals surface area contributed by atoms with Crippen molar-refractivity contribution in [3.8, 4) is 11.1 Å². The highest BCUT2D eigenvalue weighted by Crippen LogP contribution is 2.30. The van der Waals surface area contributed by atoms with Crippen LogP contribution in [0, 0.1) is 6.92 Å². The number of aryl methyl sites for hydroxylation is 1. The molecule has 2 aromatic heterocycles. The Labute approximate surface area is 138 Å². The van der Waals surface area contributed by atoms with Crippen LogP contribution in [0.3, 0.4) is 0 Å². The standard InChI is InChI=1S/C18H16N2O4/c1-11-10-19-14-9-13(12-7-5-4-6-8-12)15(17(21)23-2)16(20(11)14)18(22)24-3/h4-10H,1-3H3. The molecule has 0 spiro atoms. The van der Waals surface area contributed by atoms with Gasteiger partial charge in [0.1, 0.15) is 11.3 Å². The van der Waals surface area contributed by atoms with Crippen molar-refractivity contribution < 1.29 is 19.1 Å². The zero-order valence-corrected chi connectivity index (χ0v) is 13.6. The lowest BCUT2D eigenvalue weighted by atomic mass is 9.98. The summed E-state index contributed by atoms with van der Waals surface area (Å²) in [6, 6.07) is 11.1. The van der Waals surface area contributed by atoms with E-state index in [9.17, 15) is 9.59 Å². The molecule has 0 unspecified atom stereocenters. The van der Waals surface area contributed by atoms with Gasteiger partial charge in [-0.2, -0.15) is 0 Å². The maximum Gasteiger partial charge on any atom is 0.356 e. The summed E-state index contributed by atoms with van der Waals surface area (Å²) < 4.78 is 11.4. The lowest BCUT2D eigenvalue weighted by molar-refractivity contribution is 0.0549. The van der Waals surface area contributed by atoms with E-state index in [-0.39, 0.29) is 11.3 Å². The van der Waals surface area contributed by atoms with Crippen molar-refractivity contribution >= 4 is 17.6 Å². The molecule has 0 fully saturated rings. The van der Waals surface area contributed by atoms with Gasteiger partial charge in [0, 0.05) is 17.5 Å². The van der Waals surface area contributed by atoms with Crippen LogP contribution >= 0.6 is 0 Å². The summed E-state index contributed by atoms with van der Waals surface area (Å²) in [5.41, 5.74) is 2.89. The van der Waals surface area contributed by atoms with Crippen LogP contribution in [0.2, 0.25) is 0 Å². The normalized spacial score (nSPS) is 10.6. The van der Waals surface area contributed by atoms with Crippen LogP contribution in [0.5, 0.6) is 0 Å². The number of benzene rings is 1. The van der Waals surface area contributed by atoms with Crippen molar-refractivity contribution in [2.24, 2.45) is 0 Å². The number of pyridine rings is 1. The minimum absolute atomic E-state index is 0.107. The molecular formula is C18H16N2O4. The van der Waals surface area contributed by atoms with Crippen LogP contribution in [0.15, 0.2) is 42.6 Å². The summed E-state index contributed by atoms with van der Waals surface area (Å²) in [6.45, 7) is 1.80. The number of hydrogen-bond acceptors (Lipinski definition) is 5. The molecule has 0 aliphatic heterocycles. The van der Waals surface area contributed by atoms with Gasteiger partial charge in [-0.3, -0.25) is 4.40 Å². The van der Waals surface area contributed by atoms with Crippen LogP contribution in [-0.2, 0) is 9.47 Å². The Morgan fingerprint density at radius 1 is 1.04 bits per heavy atom. The Bertz CT molecular complexity index is 929. The van der Waals surface area contributed by atoms with E-state index in [1.54, 1.807) is 23.6 Å². The predicted molar refractivity (Wildman–Crippen MR) is 88.0 cm³/mol. The number of hydrogen-bond donors (Lipinski definition) is 0. The van der Waals surface area contributed by atoms with Crippen LogP contribution in [0.4, 0.5) is 0 Å². The molecule has 24 heavy (non-hydrogen) atoms. The highest BCUT2D eigenvalue weighted by Gasteiger charge is 2.27. The number of carbonyl (C=O) groups is 2. The Morgan fingerprint density at radius 2 is 1.71 bits per heavy atom. The van der Waals surface area contributed by atoms with Gasteiger partial charge in [0.2, 0.25) is 0 Å². The first kappa shape index (κ1) is 15.7. The van der Waals surface area contributed by atoms with Gasteiger partial charge >= 0.3 is 11.9 Å². The Morgan fingerprint density at radius 3 is 2.33 bits per heavy atom. The third-order valence-electron chi connectivity index (χ3n) is 3.82. The molecule has 2 heterocycles. The molecule has 0 aliphatic rings. The highest BCUT2D eigenvalue weighted by molar-refractivity contribution is 6.07. The van der Waals surface area contributed by atoms with Crippen LogP contribution < -0.4 is 0 Å². The largest absolute Gasteiger partial charge is 0.465 e. The van der Waals surface area contributed by atoms with Crippen molar-refractivity contribution in [1.82, 2.24) is 9.38 Å². The van der Waals surface area contributed by atoms with Crippen molar-refractivity contribution in [1.29, 1.82) is 0 Å². The quantitative estimate of drug-likeness (QED) is 0.693. The van der Waals surface area contributed by atoms with Gasteiger partial charge in [0.25, 0.3) is 0 Å². The van der Waals surface area contributed by atoms with Crippen molar-refractivity contribution in [3.05, 3.63) is 59.5 Å². The summed E-state index contributed by atoms with van der Waals surface area (Å²) in [4.78, 5) is 29.2. The minimum atomic E-state index is -0.626. The molecule has 3 aromatic rings. The van der Waals surface area contributed by atoms with Gasteiger partial charge < -0.3 is 9.47 Å². The van der Waals surface area contributed by atoms with Crippen molar-refractivity contribution in [2.75, 3.05) is 14.2 Å². The fraction of sp³-hybridized carbons (Fsp3) is 0.167. The predicted octanol–water partition coefficient (Wildman–Crippen LogP) is 2.88. The Balaban J connectivity index is 2.48. The maximum atomic E-state index is 12.5. The number of nitrogens with zero attached hydrogens (tertiary/aromatic N) is 2. The first-order valence-electron chi connectivity index (χ1n) is 7.31. The van der Waals surface area contributed by atoms with E-state index >= 15 is 0 Å². The SMILES string of the molecule is COC(=O)c1c(-c2ccccc2)cc2ncc(C)n2c1C(=O)OC. The van der Waals surface area contributed by atoms with Gasteiger partial charge in [-0.25, -0.2) is 14.6 Å². The molecule has 0 bridgehead atoms. The molecule has 0 saturated carbocycles. The molecule has 6 heteroatoms. The van der Waals surface area contributed by atoms with E-state index in [2.05, 4.69) is 4.98 Å². The average molecular weight is 324 g/mol. The van der Waals surface area contributed by atoms with Gasteiger partial charge in [-0.15, -0.1) is 0 Å². The average Bonchev–Trinajstić information content (AvgIpc) is 3.00. The van der Waals surface area contributed by atoms with Crippen LogP contribution in [0.1, 0.15) is 26.5 Å². The summed E-state index contributed by atoms with van der Waals surface area (Å²) >= 11 is 0. The number of aromatic nitrogens is 2. The number of esters is 2. The number of ether oxygens (including phenoxy) is 2. The monoisotopic (exact) mass is 324 g/mol. The Kier molecular flexibility index (Phi) is 4.04. The number of methoxy groups -OCH3 is 2. The highest BCUT2D eigenvalue weighted by atomic mass is 16.5. The molecule has 6 nitrogen and oxygen atoms in total. The van der Waals surface area contributed by atoms with E-state index in [0.29, 0.717) is 11.2 Å². The van der Waals surface area contributed by atoms with E-state index in [1.807, 2.05) is 30.3 Å². The third-order valence-corrected chi connectivity index (χ3v) is 3.82. The van der Waals surface area contributed by atoms with Gasteiger partial charge in [0.15, 0.2) is 0 Å². The number of rotatable bonds is 3. The maximum absolute atomic E-state index is 12.5. The van der Waals surface area contributed by atoms with Crippen molar-refractivity contribution in [3.63, 3.8) is 0 Å². The fourth-order valence-electron chi connectivity index (χ4n) is 2.73. The van der Waals surface area contributed by atoms with E-state index in [0.717, 1.165) is 11.3 Å². The summed E-state index contributed by atoms with van der Waals surface area (Å²) in [6.07, 6.45) is 1.64. The molecule has 0 amide bonds. The molecule has 3 rings (SSSR count). The second kappa shape index (κ2) is 6.16. The minimum Gasteiger partial charge on any atom is -0.465 e. The zero-order chi connectivity index (χ0) is 17.3. The Hall–Kier alpha value is -3.15. The second-order valence-electron chi connectivity index (χ2n) is 5.22. The number of fused-ring (bicyclic) bond motifs is 1. The molecular weight excluding hydrogens is 308 g/mol. The fourth-order valence-corrected chi connectivity index (χ4v) is 2.73. The molecule has 0 radical (unpaired) electrons. The van der Waals surface area contributed by atoms with E-state index in [4.69, 9.17) is 9.47 Å². The smallest absolute Gasteiger partial charge is 0.356 e. The lowest BCUT2D eigenvalue weighted by Gasteiger charge is -2.15. The zero-order valence-electron chi connectivity index (χ0n) is 13.6. The van der Waals surface area contributed by atoms with Crippen LogP contribution in [0.25, 0.3) is 16.8 Å². The van der Waals surface area contributed by atoms with Gasteiger partial charge in [0.05, 0.1) is 19.8 Å². The lowest BCUT2D eigenvalue weighted by Crippen LogP contribution is -2.18. The van der Waals surface area contributed by atoms with Crippen molar-refractivity contribution in [2.45, 2.75) is 6.92 Å². The molecule has 0 aliphatic carbocycles. The molecule has 0 saturated heterocycles. The topological polar surface area (TPSA) is 69.9 Å². The first-order valence-corrected chi connectivity index (χ1v) is 7.31. The molecule has 0 N–H and O–H groups in total. The van der Waals surface area contributed by atoms with Gasteiger partial charge in [-0.05, 0) is 18.6 Å². The third kappa shape index (κ3) is 2.42. The second-order valence-corrected chi connectivity index (χ2v) is 5.22. The first-order chi connectivity index (χ1) is 11.6. The summed E-state index contributed by atoms with van der Waals surface area (Å²) in [5.74, 6) is -1.23. The van der Waals surface area contributed by atoms with Crippen LogP contribution in [-0.4, -0.2) is 35.5 Å². The number of carbonyl (C=O) groups excluding carboxylic acids is 2. The summed E-state index contributed by atoms with van der Waals surface area (Å²) in [5, 5.41) is 0. The number of imidazole rings is 1. The molecule has 122 valence electrons. The molecule has 0 atom stereocenters.